The van der Waals surface area contributed by atoms with Gasteiger partial charge in [0.05, 0.1) is 0 Å². The monoisotopic (exact) mass is 590 g/mol. The van der Waals surface area contributed by atoms with Gasteiger partial charge in [-0.1, -0.05) is 0 Å². The molecule has 26 heteroatoms. The van der Waals surface area contributed by atoms with Crippen molar-refractivity contribution in [3.63, 3.8) is 0 Å². The van der Waals surface area contributed by atoms with Crippen LogP contribution in [-0.2, 0) is 10.1 Å². The van der Waals surface area contributed by atoms with Gasteiger partial charge in [-0.2, -0.15) is 83.1 Å². The standard InChI is InChI=1S/C8HF17O3S.F4N/c9-1(10,3(13,14)5(17,18)7(21,22)23)2(11,12)4(15,16)6(19,20)8(24,25)29(26,27)28;1-5(2,3)4/h(H,26,27,28);/q;+1. The van der Waals surface area contributed by atoms with Gasteiger partial charge in [-0.15, -0.1) is 0 Å². The molecular formula is C8HF21NO3S+. The van der Waals surface area contributed by atoms with Crippen molar-refractivity contribution in [2.24, 2.45) is 0 Å². The number of halogens is 21. The minimum absolute atomic E-state index is 5.00. The quantitative estimate of drug-likeness (QED) is 0.219. The Bertz CT molecular complexity index is 816. The van der Waals surface area contributed by atoms with Crippen molar-refractivity contribution in [3.8, 4) is 0 Å². The third-order valence-electron chi connectivity index (χ3n) is 3.02. The van der Waals surface area contributed by atoms with E-state index in [1.807, 2.05) is 0 Å². The van der Waals surface area contributed by atoms with Crippen LogP contribution in [0.1, 0.15) is 0 Å². The third kappa shape index (κ3) is 5.30. The zero-order chi connectivity index (χ0) is 29.0. The van der Waals surface area contributed by atoms with Crippen LogP contribution in [-0.4, -0.2) is 65.3 Å². The maximum absolute atomic E-state index is 13.0. The van der Waals surface area contributed by atoms with E-state index in [4.69, 9.17) is 4.55 Å². The maximum Gasteiger partial charge on any atom is 0.460 e. The average molecular weight is 590 g/mol. The van der Waals surface area contributed by atoms with E-state index in [1.165, 1.54) is 0 Å². The van der Waals surface area contributed by atoms with E-state index >= 15 is 0 Å². The second-order valence-electron chi connectivity index (χ2n) is 5.32. The Morgan fingerprint density at radius 3 is 0.794 bits per heavy atom. The molecule has 0 aliphatic heterocycles. The van der Waals surface area contributed by atoms with Crippen molar-refractivity contribution in [2.75, 3.05) is 0 Å². The molecule has 0 rings (SSSR count). The fourth-order valence-corrected chi connectivity index (χ4v) is 1.76. The van der Waals surface area contributed by atoms with E-state index in [2.05, 4.69) is 0 Å². The van der Waals surface area contributed by atoms with Gasteiger partial charge in [-0.05, 0) is 0 Å². The highest BCUT2D eigenvalue weighted by atomic mass is 32.2. The average Bonchev–Trinajstić information content (AvgIpc) is 2.49. The number of hydrogen-bond donors (Lipinski definition) is 1. The van der Waals surface area contributed by atoms with Crippen LogP contribution in [0.5, 0.6) is 0 Å². The molecule has 0 heterocycles. The minimum atomic E-state index is -8.89. The Morgan fingerprint density at radius 2 is 0.618 bits per heavy atom. The van der Waals surface area contributed by atoms with E-state index < -0.39 is 62.5 Å². The highest BCUT2D eigenvalue weighted by Crippen LogP contribution is 2.64. The van der Waals surface area contributed by atoms with Crippen LogP contribution in [0.15, 0.2) is 0 Å². The summed E-state index contributed by atoms with van der Waals surface area (Å²) in [4.78, 5) is 0. The lowest BCUT2D eigenvalue weighted by Crippen LogP contribution is -2.74. The third-order valence-corrected chi connectivity index (χ3v) is 3.92. The first kappa shape index (κ1) is 34.6. The van der Waals surface area contributed by atoms with E-state index in [9.17, 15) is 101 Å². The lowest BCUT2D eigenvalue weighted by atomic mass is 9.91. The predicted octanol–water partition coefficient (Wildman–Crippen LogP) is 6.18. The second-order valence-corrected chi connectivity index (χ2v) is 6.78. The first-order valence-corrected chi connectivity index (χ1v) is 7.80. The molecule has 0 saturated carbocycles. The number of quaternary nitrogens is 1. The van der Waals surface area contributed by atoms with Crippen molar-refractivity contribution >= 4 is 10.1 Å². The van der Waals surface area contributed by atoms with Crippen molar-refractivity contribution < 1.29 is 111 Å². The number of nitrogens with zero attached hydrogens (tertiary/aromatic N) is 1. The Hall–Kier alpha value is -1.60. The highest BCUT2D eigenvalue weighted by molar-refractivity contribution is 7.87. The number of hydrogen-bond acceptors (Lipinski definition) is 2. The molecule has 0 radical (unpaired) electrons. The zero-order valence-corrected chi connectivity index (χ0v) is 14.9. The summed E-state index contributed by atoms with van der Waals surface area (Å²) in [7, 11) is -7.89. The molecule has 0 aromatic carbocycles. The number of alkyl halides is 17. The van der Waals surface area contributed by atoms with Crippen LogP contribution < -0.4 is 0 Å². The Balaban J connectivity index is 0. The topological polar surface area (TPSA) is 54.4 Å². The largest absolute Gasteiger partial charge is 0.460 e. The molecule has 0 aliphatic rings. The molecule has 0 atom stereocenters. The molecule has 0 spiro atoms. The van der Waals surface area contributed by atoms with Crippen molar-refractivity contribution in [1.82, 2.24) is 0 Å². The summed E-state index contributed by atoms with van der Waals surface area (Å²) in [5.74, 6) is -52.0. The first-order chi connectivity index (χ1) is 14.0. The predicted molar refractivity (Wildman–Crippen MR) is 56.9 cm³/mol. The minimum Gasteiger partial charge on any atom is -0.281 e. The highest BCUT2D eigenvalue weighted by Gasteiger charge is 2.96. The molecule has 0 amide bonds. The second kappa shape index (κ2) is 8.51. The molecular weight excluding hydrogens is 589 g/mol. The van der Waals surface area contributed by atoms with Gasteiger partial charge < -0.3 is 0 Å². The van der Waals surface area contributed by atoms with Gasteiger partial charge in [-0.25, -0.2) is 0 Å². The SMILES string of the molecule is F[N+](F)(F)F.O=S(=O)(O)C(F)(F)C(F)(F)C(F)(F)C(F)(F)C(F)(F)C(F)(F)C(F)(F)C(F)(F)F. The lowest BCUT2D eigenvalue weighted by Gasteiger charge is -2.42. The van der Waals surface area contributed by atoms with Gasteiger partial charge in [0.1, 0.15) is 17.9 Å². The van der Waals surface area contributed by atoms with Crippen LogP contribution in [0.25, 0.3) is 0 Å². The van der Waals surface area contributed by atoms with Gasteiger partial charge in [-0.3, -0.25) is 4.55 Å². The van der Waals surface area contributed by atoms with E-state index in [-0.39, 0.29) is 0 Å². The molecule has 34 heavy (non-hydrogen) atoms. The summed E-state index contributed by atoms with van der Waals surface area (Å²) in [6.07, 6.45) is -7.88. The summed E-state index contributed by atoms with van der Waals surface area (Å²) in [6, 6.07) is 0. The molecule has 0 aromatic heterocycles. The van der Waals surface area contributed by atoms with E-state index in [0.29, 0.717) is 0 Å². The maximum atomic E-state index is 13.0. The molecule has 208 valence electrons. The molecule has 0 unspecified atom stereocenters. The van der Waals surface area contributed by atoms with Crippen molar-refractivity contribution in [2.45, 2.75) is 47.0 Å². The van der Waals surface area contributed by atoms with Crippen LogP contribution in [0, 0.1) is 0 Å². The van der Waals surface area contributed by atoms with Gasteiger partial charge in [0.15, 0.2) is 0 Å². The van der Waals surface area contributed by atoms with Gasteiger partial charge in [0.25, 0.3) is 0 Å². The molecule has 0 aromatic rings. The normalized spacial score (nSPS) is 16.2. The van der Waals surface area contributed by atoms with Crippen molar-refractivity contribution in [1.29, 1.82) is 0 Å². The summed E-state index contributed by atoms with van der Waals surface area (Å²) in [6.45, 7) is 0. The Morgan fingerprint density at radius 1 is 0.441 bits per heavy atom. The fraction of sp³-hybridized carbons (Fsp3) is 1.00. The summed E-state index contributed by atoms with van der Waals surface area (Å²) in [5.41, 5.74) is 0. The van der Waals surface area contributed by atoms with E-state index in [0.717, 1.165) is 0 Å². The molecule has 0 bridgehead atoms. The summed E-state index contributed by atoms with van der Waals surface area (Å²) >= 11 is 0. The van der Waals surface area contributed by atoms with Crippen LogP contribution >= 0.6 is 0 Å². The Kier molecular flexibility index (Phi) is 8.65. The van der Waals surface area contributed by atoms with Crippen molar-refractivity contribution in [3.05, 3.63) is 0 Å². The summed E-state index contributed by atoms with van der Waals surface area (Å²) in [5, 5.41) is -12.8. The van der Waals surface area contributed by atoms with Gasteiger partial charge in [0, 0.05) is 0 Å². The van der Waals surface area contributed by atoms with Gasteiger partial charge >= 0.3 is 62.5 Å². The lowest BCUT2D eigenvalue weighted by molar-refractivity contribution is -1.36. The van der Waals surface area contributed by atoms with Gasteiger partial charge in [0.2, 0.25) is 0 Å². The van der Waals surface area contributed by atoms with Crippen LogP contribution in [0.4, 0.5) is 92.6 Å². The number of rotatable bonds is 7. The molecule has 0 saturated heterocycles. The fourth-order valence-electron chi connectivity index (χ4n) is 1.31. The molecule has 0 fully saturated rings. The summed E-state index contributed by atoms with van der Waals surface area (Å²) < 4.78 is 281. The molecule has 4 nitrogen and oxygen atoms in total. The smallest absolute Gasteiger partial charge is 0.281 e. The molecule has 0 aliphatic carbocycles. The first-order valence-electron chi connectivity index (χ1n) is 6.36. The Labute approximate surface area is 169 Å². The van der Waals surface area contributed by atoms with E-state index in [1.54, 1.807) is 0 Å². The molecule has 1 N–H and O–H groups in total. The van der Waals surface area contributed by atoms with Crippen LogP contribution in [0.2, 0.25) is 0 Å². The van der Waals surface area contributed by atoms with Crippen LogP contribution in [0.3, 0.4) is 0 Å². The zero-order valence-electron chi connectivity index (χ0n) is 14.1.